The molecule has 0 aliphatic carbocycles. The predicted octanol–water partition coefficient (Wildman–Crippen LogP) is 9.93. The van der Waals surface area contributed by atoms with Gasteiger partial charge in [-0.2, -0.15) is 0 Å². The van der Waals surface area contributed by atoms with Crippen LogP contribution in [0.25, 0.3) is 21.1 Å². The molecule has 0 radical (unpaired) electrons. The maximum absolute atomic E-state index is 13.1. The van der Waals surface area contributed by atoms with E-state index in [9.17, 15) is 9.59 Å². The Morgan fingerprint density at radius 1 is 0.625 bits per heavy atom. The van der Waals surface area contributed by atoms with Gasteiger partial charge in [0.1, 0.15) is 21.5 Å². The molecule has 6 aromatic rings. The molecule has 2 amide bonds. The second kappa shape index (κ2) is 19.3. The van der Waals surface area contributed by atoms with Crippen LogP contribution in [0.1, 0.15) is 49.9 Å². The van der Waals surface area contributed by atoms with Crippen LogP contribution in [0.2, 0.25) is 10.0 Å². The second-order valence-electron chi connectivity index (χ2n) is 12.5. The van der Waals surface area contributed by atoms with Gasteiger partial charge in [0.15, 0.2) is 0 Å². The normalized spacial score (nSPS) is 10.8. The Labute approximate surface area is 344 Å². The van der Waals surface area contributed by atoms with Crippen molar-refractivity contribution in [1.29, 1.82) is 0 Å². The Hall–Kier alpha value is -4.92. The van der Waals surface area contributed by atoms with Crippen LogP contribution in [-0.2, 0) is 4.74 Å². The zero-order chi connectivity index (χ0) is 40.5. The summed E-state index contributed by atoms with van der Waals surface area (Å²) >= 11 is 15.1. The van der Waals surface area contributed by atoms with Gasteiger partial charge in [0.2, 0.25) is 10.3 Å². The van der Waals surface area contributed by atoms with Gasteiger partial charge in [-0.1, -0.05) is 70.1 Å². The number of aryl methyl sites for hydroxylation is 4. The fourth-order valence-electron chi connectivity index (χ4n) is 6.07. The number of hydrogen-bond acceptors (Lipinski definition) is 11. The lowest BCUT2D eigenvalue weighted by Gasteiger charge is -2.19. The van der Waals surface area contributed by atoms with Crippen molar-refractivity contribution < 1.29 is 23.8 Å². The molecule has 0 saturated carbocycles. The van der Waals surface area contributed by atoms with Gasteiger partial charge >= 0.3 is 0 Å². The summed E-state index contributed by atoms with van der Waals surface area (Å²) in [6.45, 7) is 11.1. The maximum atomic E-state index is 13.1. The average molecular weight is 834 g/mol. The molecule has 0 aliphatic rings. The summed E-state index contributed by atoms with van der Waals surface area (Å²) in [6, 6.07) is 22.0. The molecule has 15 heteroatoms. The van der Waals surface area contributed by atoms with Gasteiger partial charge in [0.05, 0.1) is 48.5 Å². The molecule has 0 N–H and O–H groups in total. The third kappa shape index (κ3) is 9.54. The number of methoxy groups -OCH3 is 3. The monoisotopic (exact) mass is 832 g/mol. The largest absolute Gasteiger partial charge is 0.496 e. The molecule has 0 fully saturated rings. The Kier molecular flexibility index (Phi) is 14.5. The van der Waals surface area contributed by atoms with E-state index in [0.717, 1.165) is 54.9 Å². The van der Waals surface area contributed by atoms with Gasteiger partial charge in [0, 0.05) is 24.8 Å². The Morgan fingerprint density at radius 2 is 1.02 bits per heavy atom. The number of halogens is 2. The SMILES string of the molecule is CCN(C(=O)c1ccccc1Cl)c1nnc(-c2cc(C)c(OC)c(C)c2)s1.COCCN(C(=O)c1ccccc1Cl)c1nnc(-c2cc(C)c(OC)c(C)c2)s1. The lowest BCUT2D eigenvalue weighted by molar-refractivity contribution is 0.0972. The number of ether oxygens (including phenoxy) is 3. The fraction of sp³-hybridized carbons (Fsp3) is 0.268. The van der Waals surface area contributed by atoms with Crippen LogP contribution in [0, 0.1) is 27.7 Å². The minimum absolute atomic E-state index is 0.187. The van der Waals surface area contributed by atoms with Gasteiger partial charge in [-0.3, -0.25) is 19.4 Å². The Balaban J connectivity index is 0.000000215. The van der Waals surface area contributed by atoms with Crippen LogP contribution in [0.3, 0.4) is 0 Å². The number of amides is 2. The standard InChI is InChI=1S/C21H22ClN3O3S.C20H20ClN3O2S/c1-13-11-15(12-14(2)18(13)28-4)19-23-24-21(29-19)25(9-10-27-3)20(26)16-7-5-6-8-17(16)22;1-5-24(19(25)15-8-6-7-9-16(15)21)20-23-22-18(27-20)14-10-12(2)17(26-4)13(3)11-14/h5-8,11-12H,9-10H2,1-4H3;6-11H,5H2,1-4H3. The van der Waals surface area contributed by atoms with Crippen LogP contribution in [0.4, 0.5) is 10.3 Å². The van der Waals surface area contributed by atoms with E-state index in [1.807, 2.05) is 58.9 Å². The number of aromatic nitrogens is 4. The summed E-state index contributed by atoms with van der Waals surface area (Å²) in [4.78, 5) is 29.2. The number of rotatable bonds is 12. The van der Waals surface area contributed by atoms with E-state index < -0.39 is 0 Å². The first kappa shape index (κ1) is 42.2. The predicted molar refractivity (Wildman–Crippen MR) is 227 cm³/mol. The minimum atomic E-state index is -0.238. The van der Waals surface area contributed by atoms with Gasteiger partial charge in [-0.05, 0) is 105 Å². The number of nitrogens with zero attached hydrogens (tertiary/aromatic N) is 6. The summed E-state index contributed by atoms with van der Waals surface area (Å²) in [5, 5.41) is 20.4. The average Bonchev–Trinajstić information content (AvgIpc) is 3.87. The van der Waals surface area contributed by atoms with Crippen molar-refractivity contribution in [2.24, 2.45) is 0 Å². The van der Waals surface area contributed by atoms with Crippen molar-refractivity contribution in [3.05, 3.63) is 116 Å². The molecule has 0 bridgehead atoms. The molecular weight excluding hydrogens is 792 g/mol. The molecule has 2 aromatic heterocycles. The van der Waals surface area contributed by atoms with E-state index >= 15 is 0 Å². The minimum Gasteiger partial charge on any atom is -0.496 e. The molecule has 4 aromatic carbocycles. The highest BCUT2D eigenvalue weighted by atomic mass is 35.5. The van der Waals surface area contributed by atoms with E-state index in [0.29, 0.717) is 51.1 Å². The Bertz CT molecular complexity index is 2290. The smallest absolute Gasteiger partial charge is 0.261 e. The fourth-order valence-corrected chi connectivity index (χ4v) is 8.25. The lowest BCUT2D eigenvalue weighted by atomic mass is 10.1. The number of benzene rings is 4. The zero-order valence-electron chi connectivity index (χ0n) is 32.3. The molecule has 0 atom stereocenters. The molecule has 292 valence electrons. The number of carbonyl (C=O) groups excluding carboxylic acids is 2. The quantitative estimate of drug-likeness (QED) is 0.119. The van der Waals surface area contributed by atoms with E-state index in [-0.39, 0.29) is 11.8 Å². The molecule has 0 aliphatic heterocycles. The van der Waals surface area contributed by atoms with Crippen molar-refractivity contribution in [2.45, 2.75) is 34.6 Å². The van der Waals surface area contributed by atoms with Crippen LogP contribution in [0.5, 0.6) is 11.5 Å². The highest BCUT2D eigenvalue weighted by Gasteiger charge is 2.25. The van der Waals surface area contributed by atoms with E-state index in [1.165, 1.54) is 22.7 Å². The van der Waals surface area contributed by atoms with Crippen LogP contribution in [0.15, 0.2) is 72.8 Å². The lowest BCUT2D eigenvalue weighted by Crippen LogP contribution is -2.34. The third-order valence-electron chi connectivity index (χ3n) is 8.65. The van der Waals surface area contributed by atoms with Crippen LogP contribution < -0.4 is 19.3 Å². The zero-order valence-corrected chi connectivity index (χ0v) is 35.5. The molecule has 2 heterocycles. The summed E-state index contributed by atoms with van der Waals surface area (Å²) in [5.74, 6) is 1.30. The topological polar surface area (TPSA) is 120 Å². The van der Waals surface area contributed by atoms with Crippen LogP contribution >= 0.6 is 45.9 Å². The van der Waals surface area contributed by atoms with Gasteiger partial charge in [0.25, 0.3) is 11.8 Å². The highest BCUT2D eigenvalue weighted by molar-refractivity contribution is 7.19. The molecule has 0 unspecified atom stereocenters. The number of carbonyl (C=O) groups is 2. The van der Waals surface area contributed by atoms with Gasteiger partial charge in [-0.25, -0.2) is 0 Å². The first-order chi connectivity index (χ1) is 26.9. The summed E-state index contributed by atoms with van der Waals surface area (Å²) in [5.41, 5.74) is 6.85. The van der Waals surface area contributed by atoms with Gasteiger partial charge < -0.3 is 14.2 Å². The molecular formula is C41H42Cl2N6O5S2. The molecule has 6 rings (SSSR count). The number of anilines is 2. The van der Waals surface area contributed by atoms with Crippen molar-refractivity contribution in [1.82, 2.24) is 20.4 Å². The van der Waals surface area contributed by atoms with Crippen molar-refractivity contribution in [2.75, 3.05) is 50.8 Å². The highest BCUT2D eigenvalue weighted by Crippen LogP contribution is 2.36. The van der Waals surface area contributed by atoms with Crippen molar-refractivity contribution in [3.8, 4) is 32.6 Å². The molecule has 0 spiro atoms. The third-order valence-corrected chi connectivity index (χ3v) is 11.3. The number of hydrogen-bond donors (Lipinski definition) is 0. The first-order valence-corrected chi connectivity index (χ1v) is 19.9. The summed E-state index contributed by atoms with van der Waals surface area (Å²) in [6.07, 6.45) is 0. The van der Waals surface area contributed by atoms with Crippen LogP contribution in [-0.4, -0.2) is 73.2 Å². The molecule has 0 saturated heterocycles. The molecule has 11 nitrogen and oxygen atoms in total. The first-order valence-electron chi connectivity index (χ1n) is 17.5. The summed E-state index contributed by atoms with van der Waals surface area (Å²) < 4.78 is 16.0. The van der Waals surface area contributed by atoms with E-state index in [4.69, 9.17) is 37.4 Å². The Morgan fingerprint density at radius 3 is 1.39 bits per heavy atom. The van der Waals surface area contributed by atoms with E-state index in [1.54, 1.807) is 79.7 Å². The van der Waals surface area contributed by atoms with Crippen molar-refractivity contribution in [3.63, 3.8) is 0 Å². The second-order valence-corrected chi connectivity index (χ2v) is 15.3. The van der Waals surface area contributed by atoms with E-state index in [2.05, 4.69) is 20.4 Å². The van der Waals surface area contributed by atoms with Gasteiger partial charge in [-0.15, -0.1) is 20.4 Å². The maximum Gasteiger partial charge on any atom is 0.261 e. The van der Waals surface area contributed by atoms with Crippen molar-refractivity contribution >= 4 is 68.0 Å². The summed E-state index contributed by atoms with van der Waals surface area (Å²) in [7, 11) is 4.91. The molecule has 56 heavy (non-hydrogen) atoms.